The van der Waals surface area contributed by atoms with Crippen molar-refractivity contribution in [2.75, 3.05) is 0 Å². The summed E-state index contributed by atoms with van der Waals surface area (Å²) in [6, 6.07) is 9.97. The molecule has 0 saturated heterocycles. The Morgan fingerprint density at radius 3 is 2.73 bits per heavy atom. The molecule has 0 aliphatic carbocycles. The molecule has 1 unspecified atom stereocenters. The van der Waals surface area contributed by atoms with Crippen LogP contribution in [0.4, 0.5) is 0 Å². The maximum absolute atomic E-state index is 12.4. The second-order valence-electron chi connectivity index (χ2n) is 4.97. The van der Waals surface area contributed by atoms with Gasteiger partial charge in [-0.3, -0.25) is 0 Å². The first-order valence-corrected chi connectivity index (χ1v) is 7.37. The Labute approximate surface area is 131 Å². The summed E-state index contributed by atoms with van der Waals surface area (Å²) in [5, 5.41) is 0. The lowest BCUT2D eigenvalue weighted by Gasteiger charge is -2.17. The summed E-state index contributed by atoms with van der Waals surface area (Å²) >= 11 is 0. The van der Waals surface area contributed by atoms with Crippen molar-refractivity contribution >= 4 is 5.97 Å². The van der Waals surface area contributed by atoms with Crippen molar-refractivity contribution in [3.63, 3.8) is 0 Å². The number of hydrogen-bond acceptors (Lipinski definition) is 3. The zero-order valence-electron chi connectivity index (χ0n) is 13.1. The molecule has 0 amide bonds. The van der Waals surface area contributed by atoms with Crippen molar-refractivity contribution in [3.8, 4) is 11.8 Å². The monoisotopic (exact) mass is 296 g/mol. The molecule has 0 aliphatic rings. The van der Waals surface area contributed by atoms with Gasteiger partial charge in [0.15, 0.2) is 6.10 Å². The molecule has 0 aliphatic heterocycles. The number of hydrogen-bond donors (Lipinski definition) is 0. The number of ether oxygens (including phenoxy) is 1. The molecule has 0 spiro atoms. The predicted molar refractivity (Wildman–Crippen MR) is 85.4 cm³/mol. The number of rotatable bonds is 5. The van der Waals surface area contributed by atoms with E-state index in [0.717, 1.165) is 5.56 Å². The Bertz CT molecular complexity index is 680. The molecule has 4 nitrogen and oxygen atoms in total. The summed E-state index contributed by atoms with van der Waals surface area (Å²) in [4.78, 5) is 16.5. The lowest BCUT2D eigenvalue weighted by Crippen LogP contribution is -2.20. The van der Waals surface area contributed by atoms with Crippen LogP contribution >= 0.6 is 0 Å². The Kier molecular flexibility index (Phi) is 5.37. The Hall–Kier alpha value is -2.54. The summed E-state index contributed by atoms with van der Waals surface area (Å²) in [6.07, 6.45) is 3.47. The maximum atomic E-state index is 12.4. The van der Waals surface area contributed by atoms with E-state index in [1.54, 1.807) is 13.3 Å². The largest absolute Gasteiger partial charge is 0.444 e. The molecule has 0 radical (unpaired) electrons. The van der Waals surface area contributed by atoms with E-state index in [4.69, 9.17) is 4.74 Å². The van der Waals surface area contributed by atoms with Crippen LogP contribution in [0.15, 0.2) is 42.9 Å². The lowest BCUT2D eigenvalue weighted by molar-refractivity contribution is 0.0391. The molecule has 114 valence electrons. The highest BCUT2D eigenvalue weighted by atomic mass is 16.5. The number of imidazole rings is 1. The molecule has 0 N–H and O–H groups in total. The third-order valence-corrected chi connectivity index (χ3v) is 3.50. The van der Waals surface area contributed by atoms with Crippen molar-refractivity contribution < 1.29 is 9.53 Å². The normalized spacial score (nSPS) is 12.9. The first-order valence-electron chi connectivity index (χ1n) is 7.37. The van der Waals surface area contributed by atoms with Crippen molar-refractivity contribution in [1.29, 1.82) is 0 Å². The van der Waals surface area contributed by atoms with Crippen LogP contribution in [-0.4, -0.2) is 21.6 Å². The van der Waals surface area contributed by atoms with E-state index in [0.29, 0.717) is 12.1 Å². The van der Waals surface area contributed by atoms with Crippen LogP contribution in [0.25, 0.3) is 0 Å². The van der Waals surface area contributed by atoms with Gasteiger partial charge in [0, 0.05) is 0 Å². The fraction of sp³-hybridized carbons (Fsp3) is 0.333. The molecule has 1 aromatic carbocycles. The Morgan fingerprint density at radius 1 is 1.36 bits per heavy atom. The zero-order chi connectivity index (χ0) is 15.9. The second kappa shape index (κ2) is 7.46. The molecule has 0 saturated carbocycles. The first-order chi connectivity index (χ1) is 10.7. The van der Waals surface area contributed by atoms with Crippen LogP contribution in [0.1, 0.15) is 49.3 Å². The topological polar surface area (TPSA) is 44.1 Å². The molecule has 2 rings (SSSR count). The van der Waals surface area contributed by atoms with E-state index in [1.807, 2.05) is 48.7 Å². The molecule has 2 aromatic rings. The average Bonchev–Trinajstić information content (AvgIpc) is 3.04. The maximum Gasteiger partial charge on any atom is 0.357 e. The third-order valence-electron chi connectivity index (χ3n) is 3.50. The number of nitrogens with zero attached hydrogens (tertiary/aromatic N) is 2. The van der Waals surface area contributed by atoms with Crippen LogP contribution in [0.3, 0.4) is 0 Å². The van der Waals surface area contributed by atoms with Gasteiger partial charge in [0.25, 0.3) is 0 Å². The molecular formula is C18H20N2O2. The average molecular weight is 296 g/mol. The fourth-order valence-electron chi connectivity index (χ4n) is 2.23. The van der Waals surface area contributed by atoms with E-state index in [2.05, 4.69) is 16.8 Å². The van der Waals surface area contributed by atoms with Gasteiger partial charge < -0.3 is 9.30 Å². The standard InChI is InChI=1S/C18H20N2O2/c1-4-9-16(5-2)22-18(21)17-12-19-13-20(17)14(3)15-10-7-6-8-11-15/h6-8,10-14,16H,5H2,1-3H3/t14-,16?/m1/s1. The second-order valence-corrected chi connectivity index (χ2v) is 4.97. The van der Waals surface area contributed by atoms with E-state index in [9.17, 15) is 4.79 Å². The summed E-state index contributed by atoms with van der Waals surface area (Å²) in [6.45, 7) is 5.70. The number of carbonyl (C=O) groups excluding carboxylic acids is 1. The van der Waals surface area contributed by atoms with E-state index in [-0.39, 0.29) is 12.1 Å². The molecule has 2 atom stereocenters. The fourth-order valence-corrected chi connectivity index (χ4v) is 2.23. The highest BCUT2D eigenvalue weighted by Crippen LogP contribution is 2.20. The van der Waals surface area contributed by atoms with Gasteiger partial charge >= 0.3 is 5.97 Å². The van der Waals surface area contributed by atoms with Gasteiger partial charge in [-0.15, -0.1) is 5.92 Å². The van der Waals surface area contributed by atoms with Crippen LogP contribution in [0.2, 0.25) is 0 Å². The number of carbonyl (C=O) groups is 1. The van der Waals surface area contributed by atoms with Gasteiger partial charge in [0.1, 0.15) is 5.69 Å². The lowest BCUT2D eigenvalue weighted by atomic mass is 10.1. The summed E-state index contributed by atoms with van der Waals surface area (Å²) in [5.74, 6) is 5.27. The highest BCUT2D eigenvalue weighted by molar-refractivity contribution is 5.87. The van der Waals surface area contributed by atoms with E-state index in [1.165, 1.54) is 6.20 Å². The smallest absolute Gasteiger partial charge is 0.357 e. The molecule has 0 bridgehead atoms. The number of benzene rings is 1. The minimum Gasteiger partial charge on any atom is -0.444 e. The minimum absolute atomic E-state index is 0.00332. The van der Waals surface area contributed by atoms with Gasteiger partial charge in [-0.2, -0.15) is 0 Å². The number of aromatic nitrogens is 2. The van der Waals surface area contributed by atoms with Crippen molar-refractivity contribution in [2.24, 2.45) is 0 Å². The van der Waals surface area contributed by atoms with E-state index >= 15 is 0 Å². The Morgan fingerprint density at radius 2 is 2.09 bits per heavy atom. The van der Waals surface area contributed by atoms with Crippen LogP contribution < -0.4 is 0 Å². The van der Waals surface area contributed by atoms with Gasteiger partial charge in [0.2, 0.25) is 0 Å². The Balaban J connectivity index is 2.21. The van der Waals surface area contributed by atoms with Crippen LogP contribution in [0, 0.1) is 11.8 Å². The summed E-state index contributed by atoms with van der Waals surface area (Å²) in [5.41, 5.74) is 1.54. The van der Waals surface area contributed by atoms with Crippen molar-refractivity contribution in [3.05, 3.63) is 54.1 Å². The molecule has 1 aromatic heterocycles. The van der Waals surface area contributed by atoms with Gasteiger partial charge in [-0.1, -0.05) is 43.2 Å². The van der Waals surface area contributed by atoms with Crippen molar-refractivity contribution in [2.45, 2.75) is 39.3 Å². The summed E-state index contributed by atoms with van der Waals surface area (Å²) in [7, 11) is 0. The predicted octanol–water partition coefficient (Wildman–Crippen LogP) is 3.45. The number of esters is 1. The highest BCUT2D eigenvalue weighted by Gasteiger charge is 2.20. The SMILES string of the molecule is CC#CC(CC)OC(=O)c1cncn1[C@H](C)c1ccccc1. The molecule has 1 heterocycles. The summed E-state index contributed by atoms with van der Waals surface area (Å²) < 4.78 is 7.26. The molecule has 0 fully saturated rings. The quantitative estimate of drug-likeness (QED) is 0.627. The first kappa shape index (κ1) is 15.8. The third kappa shape index (κ3) is 3.56. The molecular weight excluding hydrogens is 276 g/mol. The van der Waals surface area contributed by atoms with Gasteiger partial charge in [-0.05, 0) is 25.8 Å². The minimum atomic E-state index is -0.394. The zero-order valence-corrected chi connectivity index (χ0v) is 13.1. The van der Waals surface area contributed by atoms with Crippen molar-refractivity contribution in [1.82, 2.24) is 9.55 Å². The van der Waals surface area contributed by atoms with Gasteiger partial charge in [-0.25, -0.2) is 9.78 Å². The van der Waals surface area contributed by atoms with Gasteiger partial charge in [0.05, 0.1) is 18.6 Å². The van der Waals surface area contributed by atoms with E-state index < -0.39 is 5.97 Å². The van der Waals surface area contributed by atoms with Crippen LogP contribution in [0.5, 0.6) is 0 Å². The molecule has 22 heavy (non-hydrogen) atoms. The van der Waals surface area contributed by atoms with Crippen LogP contribution in [-0.2, 0) is 4.74 Å². The molecule has 4 heteroatoms.